The number of hydrogen-bond acceptors (Lipinski definition) is 2. The monoisotopic (exact) mass is 308 g/mol. The number of para-hydroxylation sites is 1. The third-order valence-corrected chi connectivity index (χ3v) is 3.02. The van der Waals surface area contributed by atoms with Crippen molar-refractivity contribution in [2.24, 2.45) is 0 Å². The second-order valence-corrected chi connectivity index (χ2v) is 4.50. The molecular weight excluding hydrogens is 299 g/mol. The molecule has 0 bridgehead atoms. The highest BCUT2D eigenvalue weighted by Gasteiger charge is 2.08. The zero-order chi connectivity index (χ0) is 13.0. The fourth-order valence-electron chi connectivity index (χ4n) is 1.42. The minimum absolute atomic E-state index is 0.0752. The number of Topliss-reactive ketones (excluding diaryl/α,β-unsaturated/α-hetero) is 1. The van der Waals surface area contributed by atoms with Crippen molar-refractivity contribution < 1.29 is 13.9 Å². The number of rotatable bonds is 4. The SMILES string of the molecule is O=C(COc1ccccc1Br)c1ccc(F)cc1. The van der Waals surface area contributed by atoms with Gasteiger partial charge in [0.15, 0.2) is 12.4 Å². The average molecular weight is 309 g/mol. The van der Waals surface area contributed by atoms with Gasteiger partial charge >= 0.3 is 0 Å². The van der Waals surface area contributed by atoms with Crippen LogP contribution in [-0.2, 0) is 0 Å². The predicted molar refractivity (Wildman–Crippen MR) is 70.4 cm³/mol. The predicted octanol–water partition coefficient (Wildman–Crippen LogP) is 3.85. The molecule has 0 spiro atoms. The molecule has 92 valence electrons. The molecular formula is C14H10BrFO2. The molecule has 2 nitrogen and oxygen atoms in total. The Labute approximate surface area is 113 Å². The summed E-state index contributed by atoms with van der Waals surface area (Å²) >= 11 is 3.33. The molecule has 0 unspecified atom stereocenters. The summed E-state index contributed by atoms with van der Waals surface area (Å²) in [7, 11) is 0. The Balaban J connectivity index is 2.01. The maximum Gasteiger partial charge on any atom is 0.200 e. The number of ketones is 1. The molecule has 0 aliphatic carbocycles. The van der Waals surface area contributed by atoms with E-state index in [1.54, 1.807) is 6.07 Å². The Bertz CT molecular complexity index is 552. The second kappa shape index (κ2) is 5.78. The topological polar surface area (TPSA) is 26.3 Å². The van der Waals surface area contributed by atoms with Crippen molar-refractivity contribution in [2.45, 2.75) is 0 Å². The first-order valence-corrected chi connectivity index (χ1v) is 6.12. The number of carbonyl (C=O) groups is 1. The van der Waals surface area contributed by atoms with Gasteiger partial charge in [0.25, 0.3) is 0 Å². The number of benzene rings is 2. The van der Waals surface area contributed by atoms with Crippen LogP contribution in [0.25, 0.3) is 0 Å². The molecule has 0 aliphatic heterocycles. The van der Waals surface area contributed by atoms with Crippen LogP contribution in [0.2, 0.25) is 0 Å². The maximum absolute atomic E-state index is 12.7. The highest BCUT2D eigenvalue weighted by molar-refractivity contribution is 9.10. The highest BCUT2D eigenvalue weighted by Crippen LogP contribution is 2.23. The van der Waals surface area contributed by atoms with Crippen molar-refractivity contribution in [2.75, 3.05) is 6.61 Å². The summed E-state index contributed by atoms with van der Waals surface area (Å²) < 4.78 is 18.9. The number of ether oxygens (including phenoxy) is 1. The van der Waals surface area contributed by atoms with E-state index >= 15 is 0 Å². The molecule has 18 heavy (non-hydrogen) atoms. The lowest BCUT2D eigenvalue weighted by Crippen LogP contribution is -2.11. The van der Waals surface area contributed by atoms with Crippen molar-refractivity contribution >= 4 is 21.7 Å². The van der Waals surface area contributed by atoms with Crippen LogP contribution in [-0.4, -0.2) is 12.4 Å². The van der Waals surface area contributed by atoms with Gasteiger partial charge in [-0.3, -0.25) is 4.79 Å². The van der Waals surface area contributed by atoms with Crippen LogP contribution in [0, 0.1) is 5.82 Å². The molecule has 2 aromatic carbocycles. The molecule has 0 saturated heterocycles. The van der Waals surface area contributed by atoms with E-state index in [4.69, 9.17) is 4.74 Å². The van der Waals surface area contributed by atoms with Gasteiger partial charge in [-0.25, -0.2) is 4.39 Å². The third-order valence-electron chi connectivity index (χ3n) is 2.36. The van der Waals surface area contributed by atoms with Gasteiger partial charge in [-0.2, -0.15) is 0 Å². The molecule has 0 fully saturated rings. The molecule has 0 heterocycles. The Hall–Kier alpha value is -1.68. The molecule has 0 N–H and O–H groups in total. The summed E-state index contributed by atoms with van der Waals surface area (Å²) in [6.45, 7) is -0.0752. The van der Waals surface area contributed by atoms with Gasteiger partial charge < -0.3 is 4.74 Å². The Morgan fingerprint density at radius 1 is 1.11 bits per heavy atom. The fourth-order valence-corrected chi connectivity index (χ4v) is 1.82. The van der Waals surface area contributed by atoms with Crippen LogP contribution in [0.1, 0.15) is 10.4 Å². The quantitative estimate of drug-likeness (QED) is 0.802. The van der Waals surface area contributed by atoms with E-state index in [1.807, 2.05) is 18.2 Å². The average Bonchev–Trinajstić information content (AvgIpc) is 2.38. The Morgan fingerprint density at radius 3 is 2.44 bits per heavy atom. The van der Waals surface area contributed by atoms with Crippen molar-refractivity contribution in [3.05, 3.63) is 64.4 Å². The van der Waals surface area contributed by atoms with Gasteiger partial charge in [0.1, 0.15) is 11.6 Å². The smallest absolute Gasteiger partial charge is 0.200 e. The molecule has 0 radical (unpaired) electrons. The van der Waals surface area contributed by atoms with Gasteiger partial charge in [0, 0.05) is 5.56 Å². The normalized spacial score (nSPS) is 10.1. The minimum atomic E-state index is -0.363. The fraction of sp³-hybridized carbons (Fsp3) is 0.0714. The first-order chi connectivity index (χ1) is 8.66. The molecule has 2 aromatic rings. The van der Waals surface area contributed by atoms with E-state index in [9.17, 15) is 9.18 Å². The molecule has 2 rings (SSSR count). The van der Waals surface area contributed by atoms with E-state index in [1.165, 1.54) is 24.3 Å². The third kappa shape index (κ3) is 3.17. The van der Waals surface area contributed by atoms with Gasteiger partial charge in [0.05, 0.1) is 4.47 Å². The standard InChI is InChI=1S/C14H10BrFO2/c15-12-3-1-2-4-14(12)18-9-13(17)10-5-7-11(16)8-6-10/h1-8H,9H2. The van der Waals surface area contributed by atoms with Gasteiger partial charge in [0.2, 0.25) is 0 Å². The van der Waals surface area contributed by atoms with Crippen LogP contribution in [0.5, 0.6) is 5.75 Å². The summed E-state index contributed by atoms with van der Waals surface area (Å²) in [6, 6.07) is 12.7. The van der Waals surface area contributed by atoms with Crippen molar-refractivity contribution in [3.8, 4) is 5.75 Å². The Morgan fingerprint density at radius 2 is 1.78 bits per heavy atom. The van der Waals surface area contributed by atoms with Crippen molar-refractivity contribution in [1.82, 2.24) is 0 Å². The molecule has 0 atom stereocenters. The van der Waals surface area contributed by atoms with Crippen LogP contribution in [0.4, 0.5) is 4.39 Å². The molecule has 0 aliphatic rings. The minimum Gasteiger partial charge on any atom is -0.484 e. The molecule has 0 aromatic heterocycles. The summed E-state index contributed by atoms with van der Waals surface area (Å²) in [5.74, 6) is 0.0528. The lowest BCUT2D eigenvalue weighted by molar-refractivity contribution is 0.0921. The van der Waals surface area contributed by atoms with Crippen LogP contribution < -0.4 is 4.74 Å². The number of hydrogen-bond donors (Lipinski definition) is 0. The van der Waals surface area contributed by atoms with Gasteiger partial charge in [-0.15, -0.1) is 0 Å². The first-order valence-electron chi connectivity index (χ1n) is 5.33. The zero-order valence-corrected chi connectivity index (χ0v) is 11.0. The van der Waals surface area contributed by atoms with E-state index in [0.29, 0.717) is 11.3 Å². The van der Waals surface area contributed by atoms with Gasteiger partial charge in [-0.1, -0.05) is 12.1 Å². The highest BCUT2D eigenvalue weighted by atomic mass is 79.9. The summed E-state index contributed by atoms with van der Waals surface area (Å²) in [5, 5.41) is 0. The summed E-state index contributed by atoms with van der Waals surface area (Å²) in [4.78, 5) is 11.8. The van der Waals surface area contributed by atoms with E-state index in [-0.39, 0.29) is 18.2 Å². The first kappa shape index (κ1) is 12.8. The van der Waals surface area contributed by atoms with Crippen molar-refractivity contribution in [1.29, 1.82) is 0 Å². The Kier molecular flexibility index (Phi) is 4.10. The summed E-state index contributed by atoms with van der Waals surface area (Å²) in [5.41, 5.74) is 0.434. The van der Waals surface area contributed by atoms with Crippen LogP contribution in [0.3, 0.4) is 0 Å². The lowest BCUT2D eigenvalue weighted by Gasteiger charge is -2.07. The number of carbonyl (C=O) groups excluding carboxylic acids is 1. The second-order valence-electron chi connectivity index (χ2n) is 3.65. The van der Waals surface area contributed by atoms with E-state index in [0.717, 1.165) is 4.47 Å². The number of halogens is 2. The van der Waals surface area contributed by atoms with E-state index in [2.05, 4.69) is 15.9 Å². The van der Waals surface area contributed by atoms with E-state index < -0.39 is 0 Å². The molecule has 0 saturated carbocycles. The molecule has 4 heteroatoms. The largest absolute Gasteiger partial charge is 0.484 e. The zero-order valence-electron chi connectivity index (χ0n) is 9.40. The van der Waals surface area contributed by atoms with Crippen LogP contribution in [0.15, 0.2) is 53.0 Å². The van der Waals surface area contributed by atoms with Crippen molar-refractivity contribution in [3.63, 3.8) is 0 Å². The maximum atomic E-state index is 12.7. The lowest BCUT2D eigenvalue weighted by atomic mass is 10.1. The van der Waals surface area contributed by atoms with Gasteiger partial charge in [-0.05, 0) is 52.3 Å². The van der Waals surface area contributed by atoms with Crippen LogP contribution >= 0.6 is 15.9 Å². The summed E-state index contributed by atoms with van der Waals surface area (Å²) in [6.07, 6.45) is 0. The molecule has 0 amide bonds.